The van der Waals surface area contributed by atoms with Crippen LogP contribution in [0.4, 0.5) is 5.69 Å². The fourth-order valence-corrected chi connectivity index (χ4v) is 3.95. The smallest absolute Gasteiger partial charge is 0.233 e. The molecule has 2 aromatic rings. The Bertz CT molecular complexity index is 739. The van der Waals surface area contributed by atoms with Crippen LogP contribution in [0.5, 0.6) is 0 Å². The predicted octanol–water partition coefficient (Wildman–Crippen LogP) is 2.79. The van der Waals surface area contributed by atoms with E-state index in [4.69, 9.17) is 4.74 Å². The van der Waals surface area contributed by atoms with Gasteiger partial charge in [-0.2, -0.15) is 0 Å². The number of hydrogen-bond donors (Lipinski definition) is 0. The lowest BCUT2D eigenvalue weighted by Crippen LogP contribution is -2.38. The minimum atomic E-state index is 0.121. The summed E-state index contributed by atoms with van der Waals surface area (Å²) in [5.41, 5.74) is 2.29. The Labute approximate surface area is 165 Å². The SMILES string of the molecule is CN(C)c1ccc(CN(C[C@@H]2CCCO2)C(=O)CSc2nccn2C)cc1. The summed E-state index contributed by atoms with van der Waals surface area (Å²) in [5.74, 6) is 0.503. The summed E-state index contributed by atoms with van der Waals surface area (Å²) in [5, 5.41) is 0.857. The van der Waals surface area contributed by atoms with E-state index >= 15 is 0 Å². The molecule has 0 aliphatic carbocycles. The number of benzene rings is 1. The molecule has 0 N–H and O–H groups in total. The second kappa shape index (κ2) is 9.28. The summed E-state index contributed by atoms with van der Waals surface area (Å²) < 4.78 is 7.70. The van der Waals surface area contributed by atoms with E-state index in [2.05, 4.69) is 34.1 Å². The van der Waals surface area contributed by atoms with E-state index in [-0.39, 0.29) is 12.0 Å². The molecular weight excluding hydrogens is 360 g/mol. The van der Waals surface area contributed by atoms with Crippen molar-refractivity contribution >= 4 is 23.4 Å². The second-order valence-corrected chi connectivity index (χ2v) is 8.02. The van der Waals surface area contributed by atoms with Crippen LogP contribution in [-0.4, -0.2) is 59.5 Å². The van der Waals surface area contributed by atoms with Crippen LogP contribution in [-0.2, 0) is 23.1 Å². The van der Waals surface area contributed by atoms with Gasteiger partial charge in [0.05, 0.1) is 11.9 Å². The molecule has 6 nitrogen and oxygen atoms in total. The van der Waals surface area contributed by atoms with Crippen molar-refractivity contribution < 1.29 is 9.53 Å². The molecule has 1 aliphatic heterocycles. The van der Waals surface area contributed by atoms with Gasteiger partial charge in [0.15, 0.2) is 5.16 Å². The lowest BCUT2D eigenvalue weighted by molar-refractivity contribution is -0.130. The number of thioether (sulfide) groups is 1. The third kappa shape index (κ3) is 5.49. The van der Waals surface area contributed by atoms with Crippen LogP contribution < -0.4 is 4.90 Å². The highest BCUT2D eigenvalue weighted by Gasteiger charge is 2.23. The van der Waals surface area contributed by atoms with Gasteiger partial charge in [-0.3, -0.25) is 4.79 Å². The minimum Gasteiger partial charge on any atom is -0.378 e. The van der Waals surface area contributed by atoms with Crippen LogP contribution in [0.1, 0.15) is 18.4 Å². The number of aromatic nitrogens is 2. The molecular formula is C20H28N4O2S. The van der Waals surface area contributed by atoms with Crippen molar-refractivity contribution in [3.05, 3.63) is 42.2 Å². The fraction of sp³-hybridized carbons (Fsp3) is 0.500. The van der Waals surface area contributed by atoms with Gasteiger partial charge in [-0.15, -0.1) is 0 Å². The maximum Gasteiger partial charge on any atom is 0.233 e. The molecule has 0 unspecified atom stereocenters. The standard InChI is InChI=1S/C20H28N4O2S/c1-22(2)17-8-6-16(7-9-17)13-24(14-18-5-4-12-26-18)19(25)15-27-20-21-10-11-23(20)3/h6-11,18H,4-5,12-15H2,1-3H3/t18-/m0/s1. The van der Waals surface area contributed by atoms with Gasteiger partial charge in [0.2, 0.25) is 5.91 Å². The number of hydrogen-bond acceptors (Lipinski definition) is 5. The number of amides is 1. The molecule has 1 fully saturated rings. The van der Waals surface area contributed by atoms with Crippen molar-refractivity contribution in [3.63, 3.8) is 0 Å². The zero-order chi connectivity index (χ0) is 19.2. The first-order valence-electron chi connectivity index (χ1n) is 9.28. The minimum absolute atomic E-state index is 0.121. The molecule has 1 amide bonds. The van der Waals surface area contributed by atoms with Gasteiger partial charge in [0.25, 0.3) is 0 Å². The average Bonchev–Trinajstić information content (AvgIpc) is 3.31. The number of anilines is 1. The van der Waals surface area contributed by atoms with Gasteiger partial charge in [-0.25, -0.2) is 4.98 Å². The van der Waals surface area contributed by atoms with E-state index in [1.807, 2.05) is 36.8 Å². The molecule has 2 heterocycles. The summed E-state index contributed by atoms with van der Waals surface area (Å²) >= 11 is 1.48. The Kier molecular flexibility index (Phi) is 6.79. The number of carbonyl (C=O) groups excluding carboxylic acids is 1. The quantitative estimate of drug-likeness (QED) is 0.651. The molecule has 27 heavy (non-hydrogen) atoms. The Morgan fingerprint density at radius 1 is 1.33 bits per heavy atom. The third-order valence-corrected chi connectivity index (χ3v) is 5.77. The number of carbonyl (C=O) groups is 1. The number of aryl methyl sites for hydroxylation is 1. The topological polar surface area (TPSA) is 50.6 Å². The summed E-state index contributed by atoms with van der Waals surface area (Å²) in [6.45, 7) is 2.05. The second-order valence-electron chi connectivity index (χ2n) is 7.08. The highest BCUT2D eigenvalue weighted by atomic mass is 32.2. The van der Waals surface area contributed by atoms with Crippen LogP contribution in [0.15, 0.2) is 41.8 Å². The van der Waals surface area contributed by atoms with Crippen molar-refractivity contribution in [2.24, 2.45) is 7.05 Å². The highest BCUT2D eigenvalue weighted by Crippen LogP contribution is 2.20. The number of ether oxygens (including phenoxy) is 1. The summed E-state index contributed by atoms with van der Waals surface area (Å²) in [7, 11) is 5.99. The van der Waals surface area contributed by atoms with Gasteiger partial charge in [-0.05, 0) is 30.5 Å². The fourth-order valence-electron chi connectivity index (χ4n) is 3.12. The van der Waals surface area contributed by atoms with Crippen LogP contribution in [0.2, 0.25) is 0 Å². The summed E-state index contributed by atoms with van der Waals surface area (Å²) in [6, 6.07) is 8.37. The van der Waals surface area contributed by atoms with Gasteiger partial charge in [0.1, 0.15) is 0 Å². The molecule has 1 aromatic carbocycles. The highest BCUT2D eigenvalue weighted by molar-refractivity contribution is 7.99. The largest absolute Gasteiger partial charge is 0.378 e. The Hall–Kier alpha value is -1.99. The van der Waals surface area contributed by atoms with Gasteiger partial charge >= 0.3 is 0 Å². The number of nitrogens with zero attached hydrogens (tertiary/aromatic N) is 4. The van der Waals surface area contributed by atoms with Crippen LogP contribution >= 0.6 is 11.8 Å². The predicted molar refractivity (Wildman–Crippen MR) is 109 cm³/mol. The first-order chi connectivity index (χ1) is 13.0. The third-order valence-electron chi connectivity index (χ3n) is 4.73. The first kappa shape index (κ1) is 19.8. The lowest BCUT2D eigenvalue weighted by Gasteiger charge is -2.26. The molecule has 0 radical (unpaired) electrons. The summed E-state index contributed by atoms with van der Waals surface area (Å²) in [6.07, 6.45) is 5.89. The average molecular weight is 389 g/mol. The zero-order valence-electron chi connectivity index (χ0n) is 16.3. The van der Waals surface area contributed by atoms with Gasteiger partial charge in [-0.1, -0.05) is 23.9 Å². The van der Waals surface area contributed by atoms with E-state index in [9.17, 15) is 4.79 Å². The van der Waals surface area contributed by atoms with Crippen LogP contribution in [0.3, 0.4) is 0 Å². The number of imidazole rings is 1. The molecule has 7 heteroatoms. The van der Waals surface area contributed by atoms with Crippen molar-refractivity contribution in [2.75, 3.05) is 37.9 Å². The Morgan fingerprint density at radius 3 is 2.70 bits per heavy atom. The molecule has 1 atom stereocenters. The molecule has 0 bridgehead atoms. The molecule has 3 rings (SSSR count). The van der Waals surface area contributed by atoms with Crippen molar-refractivity contribution in [1.82, 2.24) is 14.5 Å². The van der Waals surface area contributed by atoms with Crippen LogP contribution in [0.25, 0.3) is 0 Å². The van der Waals surface area contributed by atoms with Crippen molar-refractivity contribution in [2.45, 2.75) is 30.6 Å². The van der Waals surface area contributed by atoms with E-state index in [0.29, 0.717) is 18.8 Å². The van der Waals surface area contributed by atoms with Crippen molar-refractivity contribution in [3.8, 4) is 0 Å². The maximum absolute atomic E-state index is 12.9. The van der Waals surface area contributed by atoms with Crippen molar-refractivity contribution in [1.29, 1.82) is 0 Å². The molecule has 1 aliphatic rings. The molecule has 1 saturated heterocycles. The van der Waals surface area contributed by atoms with E-state index in [1.54, 1.807) is 6.20 Å². The maximum atomic E-state index is 12.9. The van der Waals surface area contributed by atoms with Gasteiger partial charge < -0.3 is 19.1 Å². The number of rotatable bonds is 8. The molecule has 146 valence electrons. The monoisotopic (exact) mass is 388 g/mol. The molecule has 1 aromatic heterocycles. The van der Waals surface area contributed by atoms with E-state index in [0.717, 1.165) is 35.9 Å². The Morgan fingerprint density at radius 2 is 2.11 bits per heavy atom. The summed E-state index contributed by atoms with van der Waals surface area (Å²) in [4.78, 5) is 21.2. The van der Waals surface area contributed by atoms with Gasteiger partial charge in [0, 0.05) is 58.9 Å². The molecule has 0 saturated carbocycles. The normalized spacial score (nSPS) is 16.5. The van der Waals surface area contributed by atoms with Crippen LogP contribution in [0, 0.1) is 0 Å². The molecule has 0 spiro atoms. The zero-order valence-corrected chi connectivity index (χ0v) is 17.1. The van der Waals surface area contributed by atoms with E-state index in [1.165, 1.54) is 11.8 Å². The Balaban J connectivity index is 1.65. The first-order valence-corrected chi connectivity index (χ1v) is 10.3. The lowest BCUT2D eigenvalue weighted by atomic mass is 10.1. The van der Waals surface area contributed by atoms with E-state index < -0.39 is 0 Å².